The van der Waals surface area contributed by atoms with E-state index in [0.29, 0.717) is 36.8 Å². The standard InChI is InChI=1S/C12H16ClN3O3/c13-11-2-1-3-12(16(17)18)10(11)8-15-4-5-19-9(6-14)7-15/h1-3,9H,4-8,14H2. The summed E-state index contributed by atoms with van der Waals surface area (Å²) in [7, 11) is 0. The Morgan fingerprint density at radius 3 is 3.05 bits per heavy atom. The van der Waals surface area contributed by atoms with Gasteiger partial charge < -0.3 is 10.5 Å². The number of ether oxygens (including phenoxy) is 1. The molecule has 1 atom stereocenters. The normalized spacial score (nSPS) is 20.4. The van der Waals surface area contributed by atoms with Crippen molar-refractivity contribution in [2.45, 2.75) is 12.6 Å². The van der Waals surface area contributed by atoms with Gasteiger partial charge in [-0.05, 0) is 6.07 Å². The van der Waals surface area contributed by atoms with Crippen molar-refractivity contribution in [3.63, 3.8) is 0 Å². The van der Waals surface area contributed by atoms with Crippen molar-refractivity contribution in [2.24, 2.45) is 5.73 Å². The van der Waals surface area contributed by atoms with Crippen LogP contribution in [0.15, 0.2) is 18.2 Å². The Morgan fingerprint density at radius 1 is 1.58 bits per heavy atom. The largest absolute Gasteiger partial charge is 0.374 e. The number of hydrogen-bond acceptors (Lipinski definition) is 5. The Hall–Kier alpha value is -1.21. The molecular weight excluding hydrogens is 270 g/mol. The minimum absolute atomic E-state index is 0.0182. The van der Waals surface area contributed by atoms with Gasteiger partial charge in [0.15, 0.2) is 0 Å². The number of rotatable bonds is 4. The van der Waals surface area contributed by atoms with Crippen molar-refractivity contribution in [3.05, 3.63) is 38.9 Å². The van der Waals surface area contributed by atoms with E-state index in [4.69, 9.17) is 22.1 Å². The van der Waals surface area contributed by atoms with E-state index in [1.54, 1.807) is 12.1 Å². The van der Waals surface area contributed by atoms with Gasteiger partial charge in [0, 0.05) is 32.2 Å². The van der Waals surface area contributed by atoms with Gasteiger partial charge in [0.2, 0.25) is 0 Å². The molecule has 1 saturated heterocycles. The van der Waals surface area contributed by atoms with E-state index in [2.05, 4.69) is 4.90 Å². The van der Waals surface area contributed by atoms with Crippen LogP contribution in [0.3, 0.4) is 0 Å². The van der Waals surface area contributed by atoms with Gasteiger partial charge in [-0.15, -0.1) is 0 Å². The van der Waals surface area contributed by atoms with Gasteiger partial charge in [0.25, 0.3) is 5.69 Å². The van der Waals surface area contributed by atoms with Gasteiger partial charge in [0.1, 0.15) is 0 Å². The van der Waals surface area contributed by atoms with Crippen LogP contribution in [-0.4, -0.2) is 42.2 Å². The molecule has 1 fully saturated rings. The summed E-state index contributed by atoms with van der Waals surface area (Å²) < 4.78 is 5.47. The summed E-state index contributed by atoms with van der Waals surface area (Å²) in [5.74, 6) is 0. The second-order valence-corrected chi connectivity index (χ2v) is 4.87. The van der Waals surface area contributed by atoms with Crippen molar-refractivity contribution in [1.82, 2.24) is 4.90 Å². The fourth-order valence-corrected chi connectivity index (χ4v) is 2.39. The van der Waals surface area contributed by atoms with Crippen molar-refractivity contribution in [2.75, 3.05) is 26.2 Å². The summed E-state index contributed by atoms with van der Waals surface area (Å²) in [4.78, 5) is 12.7. The molecule has 0 radical (unpaired) electrons. The van der Waals surface area contributed by atoms with Gasteiger partial charge in [-0.25, -0.2) is 0 Å². The van der Waals surface area contributed by atoms with Crippen LogP contribution in [0.2, 0.25) is 5.02 Å². The topological polar surface area (TPSA) is 81.6 Å². The molecule has 2 N–H and O–H groups in total. The summed E-state index contributed by atoms with van der Waals surface area (Å²) in [6.45, 7) is 2.86. The molecule has 19 heavy (non-hydrogen) atoms. The van der Waals surface area contributed by atoms with E-state index in [1.807, 2.05) is 0 Å². The number of nitro benzene ring substituents is 1. The molecule has 0 spiro atoms. The maximum Gasteiger partial charge on any atom is 0.275 e. The number of morpholine rings is 1. The minimum Gasteiger partial charge on any atom is -0.374 e. The van der Waals surface area contributed by atoms with Crippen molar-refractivity contribution < 1.29 is 9.66 Å². The van der Waals surface area contributed by atoms with Crippen LogP contribution in [-0.2, 0) is 11.3 Å². The number of nitrogens with two attached hydrogens (primary N) is 1. The van der Waals surface area contributed by atoms with Gasteiger partial charge in [-0.2, -0.15) is 0 Å². The van der Waals surface area contributed by atoms with Gasteiger partial charge in [-0.1, -0.05) is 17.7 Å². The predicted molar refractivity (Wildman–Crippen MR) is 72.2 cm³/mol. The lowest BCUT2D eigenvalue weighted by atomic mass is 10.1. The monoisotopic (exact) mass is 285 g/mol. The van der Waals surface area contributed by atoms with Gasteiger partial charge in [-0.3, -0.25) is 15.0 Å². The third-order valence-corrected chi connectivity index (χ3v) is 3.51. The SMILES string of the molecule is NCC1CN(Cc2c(Cl)cccc2[N+](=O)[O-])CCO1. The van der Waals surface area contributed by atoms with Crippen molar-refractivity contribution in [1.29, 1.82) is 0 Å². The average Bonchev–Trinajstić information content (AvgIpc) is 2.41. The lowest BCUT2D eigenvalue weighted by Gasteiger charge is -2.32. The van der Waals surface area contributed by atoms with Gasteiger partial charge in [0.05, 0.1) is 28.2 Å². The molecule has 0 aromatic heterocycles. The molecule has 1 aromatic carbocycles. The third kappa shape index (κ3) is 3.42. The van der Waals surface area contributed by atoms with Crippen LogP contribution in [0.1, 0.15) is 5.56 Å². The molecule has 7 heteroatoms. The maximum atomic E-state index is 11.0. The molecule has 1 aliphatic heterocycles. The van der Waals surface area contributed by atoms with E-state index in [-0.39, 0.29) is 11.8 Å². The first-order chi connectivity index (χ1) is 9.11. The summed E-state index contributed by atoms with van der Waals surface area (Å²) in [6.07, 6.45) is -0.0182. The molecule has 1 heterocycles. The summed E-state index contributed by atoms with van der Waals surface area (Å²) >= 11 is 6.08. The third-order valence-electron chi connectivity index (χ3n) is 3.16. The smallest absolute Gasteiger partial charge is 0.275 e. The first-order valence-corrected chi connectivity index (χ1v) is 6.45. The Labute approximate surface area is 116 Å². The molecule has 0 saturated carbocycles. The van der Waals surface area contributed by atoms with Crippen molar-refractivity contribution in [3.8, 4) is 0 Å². The Morgan fingerprint density at radius 2 is 2.37 bits per heavy atom. The molecular formula is C12H16ClN3O3. The zero-order valence-electron chi connectivity index (χ0n) is 10.4. The first kappa shape index (κ1) is 14.2. The molecule has 1 aliphatic rings. The van der Waals surface area contributed by atoms with Crippen LogP contribution in [0, 0.1) is 10.1 Å². The number of halogens is 1. The lowest BCUT2D eigenvalue weighted by Crippen LogP contribution is -2.45. The highest BCUT2D eigenvalue weighted by molar-refractivity contribution is 6.31. The zero-order chi connectivity index (χ0) is 13.8. The van der Waals surface area contributed by atoms with Crippen LogP contribution in [0.5, 0.6) is 0 Å². The van der Waals surface area contributed by atoms with Crippen LogP contribution in [0.25, 0.3) is 0 Å². The Balaban J connectivity index is 2.16. The zero-order valence-corrected chi connectivity index (χ0v) is 11.2. The maximum absolute atomic E-state index is 11.0. The van der Waals surface area contributed by atoms with Gasteiger partial charge >= 0.3 is 0 Å². The van der Waals surface area contributed by atoms with E-state index >= 15 is 0 Å². The number of nitrogens with zero attached hydrogens (tertiary/aromatic N) is 2. The molecule has 6 nitrogen and oxygen atoms in total. The number of nitro groups is 1. The van der Waals surface area contributed by atoms with Crippen LogP contribution < -0.4 is 5.73 Å². The van der Waals surface area contributed by atoms with Crippen LogP contribution in [0.4, 0.5) is 5.69 Å². The fourth-order valence-electron chi connectivity index (χ4n) is 2.17. The highest BCUT2D eigenvalue weighted by Crippen LogP contribution is 2.28. The molecule has 1 aromatic rings. The summed E-state index contributed by atoms with van der Waals surface area (Å²) in [5, 5.41) is 11.4. The number of hydrogen-bond donors (Lipinski definition) is 1. The molecule has 0 amide bonds. The average molecular weight is 286 g/mol. The summed E-state index contributed by atoms with van der Waals surface area (Å²) in [5.41, 5.74) is 6.19. The highest BCUT2D eigenvalue weighted by atomic mass is 35.5. The lowest BCUT2D eigenvalue weighted by molar-refractivity contribution is -0.385. The summed E-state index contributed by atoms with van der Waals surface area (Å²) in [6, 6.07) is 4.73. The van der Waals surface area contributed by atoms with Crippen LogP contribution >= 0.6 is 11.6 Å². The van der Waals surface area contributed by atoms with Crippen molar-refractivity contribution >= 4 is 17.3 Å². The first-order valence-electron chi connectivity index (χ1n) is 6.07. The van der Waals surface area contributed by atoms with E-state index in [0.717, 1.165) is 6.54 Å². The molecule has 104 valence electrons. The molecule has 0 bridgehead atoms. The van der Waals surface area contributed by atoms with E-state index in [1.165, 1.54) is 6.07 Å². The highest BCUT2D eigenvalue weighted by Gasteiger charge is 2.23. The van der Waals surface area contributed by atoms with E-state index in [9.17, 15) is 10.1 Å². The Bertz CT molecular complexity index is 470. The number of benzene rings is 1. The molecule has 0 aliphatic carbocycles. The Kier molecular flexibility index (Phi) is 4.71. The second kappa shape index (κ2) is 6.29. The minimum atomic E-state index is -0.401. The van der Waals surface area contributed by atoms with E-state index < -0.39 is 4.92 Å². The molecule has 1 unspecified atom stereocenters. The second-order valence-electron chi connectivity index (χ2n) is 4.46. The fraction of sp³-hybridized carbons (Fsp3) is 0.500. The quantitative estimate of drug-likeness (QED) is 0.668. The molecule has 2 rings (SSSR count). The predicted octanol–water partition coefficient (Wildman–Crippen LogP) is 1.41.